The van der Waals surface area contributed by atoms with Crippen molar-refractivity contribution in [2.24, 2.45) is 0 Å². The Labute approximate surface area is 128 Å². The lowest BCUT2D eigenvalue weighted by molar-refractivity contribution is 0.139. The van der Waals surface area contributed by atoms with E-state index in [2.05, 4.69) is 0 Å². The SMILES string of the molecule is COc1cc2c(cc1OC)[C@@H]1COc3cc(O)ccc3[C@@H]1O2. The van der Waals surface area contributed by atoms with Crippen LogP contribution in [0.15, 0.2) is 30.3 Å². The van der Waals surface area contributed by atoms with Gasteiger partial charge in [0.2, 0.25) is 0 Å². The molecule has 0 fully saturated rings. The third kappa shape index (κ3) is 1.78. The molecule has 0 unspecified atom stereocenters. The van der Waals surface area contributed by atoms with Crippen LogP contribution in [-0.4, -0.2) is 25.9 Å². The fraction of sp³-hybridized carbons (Fsp3) is 0.294. The Balaban J connectivity index is 1.79. The number of fused-ring (bicyclic) bond motifs is 5. The number of aromatic hydroxyl groups is 1. The maximum atomic E-state index is 9.59. The van der Waals surface area contributed by atoms with E-state index in [1.807, 2.05) is 18.2 Å². The van der Waals surface area contributed by atoms with Crippen LogP contribution in [0.5, 0.6) is 28.7 Å². The summed E-state index contributed by atoms with van der Waals surface area (Å²) in [6.45, 7) is 0.504. The Morgan fingerprint density at radius 2 is 1.77 bits per heavy atom. The van der Waals surface area contributed by atoms with Crippen molar-refractivity contribution in [2.75, 3.05) is 20.8 Å². The standard InChI is InChI=1S/C17H16O5/c1-19-15-6-11-12-8-21-13-5-9(18)3-4-10(13)17(12)22-14(11)7-16(15)20-2/h3-7,12,17-18H,8H2,1-2H3/t12-,17-/m0/s1. The number of phenolic OH excluding ortho intramolecular Hbond substituents is 1. The molecule has 114 valence electrons. The van der Waals surface area contributed by atoms with Crippen molar-refractivity contribution in [2.45, 2.75) is 12.0 Å². The van der Waals surface area contributed by atoms with E-state index in [1.54, 1.807) is 26.4 Å². The summed E-state index contributed by atoms with van der Waals surface area (Å²) in [5, 5.41) is 9.59. The zero-order valence-electron chi connectivity index (χ0n) is 12.3. The second-order valence-corrected chi connectivity index (χ2v) is 5.42. The summed E-state index contributed by atoms with van der Waals surface area (Å²) in [6.07, 6.45) is -0.115. The Kier molecular flexibility index (Phi) is 2.82. The summed E-state index contributed by atoms with van der Waals surface area (Å²) >= 11 is 0. The van der Waals surface area contributed by atoms with Gasteiger partial charge in [0.25, 0.3) is 0 Å². The van der Waals surface area contributed by atoms with E-state index >= 15 is 0 Å². The predicted octanol–water partition coefficient (Wildman–Crippen LogP) is 3.02. The number of benzene rings is 2. The molecule has 4 rings (SSSR count). The van der Waals surface area contributed by atoms with Gasteiger partial charge in [-0.05, 0) is 18.2 Å². The quantitative estimate of drug-likeness (QED) is 0.924. The summed E-state index contributed by atoms with van der Waals surface area (Å²) in [6, 6.07) is 8.93. The van der Waals surface area contributed by atoms with E-state index in [1.165, 1.54) is 0 Å². The molecule has 22 heavy (non-hydrogen) atoms. The van der Waals surface area contributed by atoms with E-state index < -0.39 is 0 Å². The van der Waals surface area contributed by atoms with Crippen molar-refractivity contribution in [1.82, 2.24) is 0 Å². The Morgan fingerprint density at radius 3 is 2.55 bits per heavy atom. The van der Waals surface area contributed by atoms with Crippen LogP contribution < -0.4 is 18.9 Å². The number of hydrogen-bond donors (Lipinski definition) is 1. The van der Waals surface area contributed by atoms with E-state index in [0.717, 1.165) is 16.9 Å². The van der Waals surface area contributed by atoms with Gasteiger partial charge in [0.15, 0.2) is 11.5 Å². The van der Waals surface area contributed by atoms with Crippen LogP contribution in [0, 0.1) is 0 Å². The molecule has 0 spiro atoms. The highest BCUT2D eigenvalue weighted by atomic mass is 16.5. The van der Waals surface area contributed by atoms with Gasteiger partial charge in [0.1, 0.15) is 23.4 Å². The minimum Gasteiger partial charge on any atom is -0.508 e. The third-order valence-electron chi connectivity index (χ3n) is 4.26. The lowest BCUT2D eigenvalue weighted by Gasteiger charge is -2.27. The lowest BCUT2D eigenvalue weighted by Crippen LogP contribution is -2.23. The van der Waals surface area contributed by atoms with E-state index in [-0.39, 0.29) is 17.8 Å². The van der Waals surface area contributed by atoms with Gasteiger partial charge in [-0.1, -0.05) is 0 Å². The topological polar surface area (TPSA) is 57.2 Å². The molecule has 0 bridgehead atoms. The minimum absolute atomic E-state index is 0.104. The van der Waals surface area contributed by atoms with Gasteiger partial charge in [-0.25, -0.2) is 0 Å². The third-order valence-corrected chi connectivity index (χ3v) is 4.26. The lowest BCUT2D eigenvalue weighted by atomic mass is 9.89. The average molecular weight is 300 g/mol. The maximum absolute atomic E-state index is 9.59. The summed E-state index contributed by atoms with van der Waals surface area (Å²) in [5.74, 6) is 3.09. The molecule has 2 heterocycles. The van der Waals surface area contributed by atoms with E-state index in [4.69, 9.17) is 18.9 Å². The Morgan fingerprint density at radius 1 is 1.00 bits per heavy atom. The number of hydrogen-bond acceptors (Lipinski definition) is 5. The fourth-order valence-corrected chi connectivity index (χ4v) is 3.17. The normalized spacial score (nSPS) is 21.0. The van der Waals surface area contributed by atoms with E-state index in [9.17, 15) is 5.11 Å². The van der Waals surface area contributed by atoms with Crippen molar-refractivity contribution in [3.8, 4) is 28.7 Å². The summed E-state index contributed by atoms with van der Waals surface area (Å²) in [5.41, 5.74) is 2.00. The highest BCUT2D eigenvalue weighted by Crippen LogP contribution is 2.53. The van der Waals surface area contributed by atoms with Crippen LogP contribution in [0.2, 0.25) is 0 Å². The average Bonchev–Trinajstić information content (AvgIpc) is 2.90. The molecule has 1 N–H and O–H groups in total. The van der Waals surface area contributed by atoms with Crippen molar-refractivity contribution < 1.29 is 24.1 Å². The molecule has 0 radical (unpaired) electrons. The first kappa shape index (κ1) is 13.1. The molecule has 2 aliphatic heterocycles. The first-order chi connectivity index (χ1) is 10.7. The van der Waals surface area contributed by atoms with Crippen LogP contribution in [0.4, 0.5) is 0 Å². The van der Waals surface area contributed by atoms with Crippen LogP contribution in [-0.2, 0) is 0 Å². The number of phenols is 1. The zero-order valence-corrected chi connectivity index (χ0v) is 12.3. The highest BCUT2D eigenvalue weighted by Gasteiger charge is 2.41. The molecule has 2 aromatic rings. The highest BCUT2D eigenvalue weighted by molar-refractivity contribution is 5.57. The number of ether oxygens (including phenoxy) is 4. The Bertz CT molecular complexity index is 740. The molecular formula is C17H16O5. The molecule has 0 amide bonds. The molecule has 0 aromatic heterocycles. The molecular weight excluding hydrogens is 284 g/mol. The van der Waals surface area contributed by atoms with E-state index in [0.29, 0.717) is 23.9 Å². The molecule has 5 heteroatoms. The van der Waals surface area contributed by atoms with Crippen molar-refractivity contribution in [3.63, 3.8) is 0 Å². The second-order valence-electron chi connectivity index (χ2n) is 5.42. The van der Waals surface area contributed by atoms with Crippen LogP contribution in [0.25, 0.3) is 0 Å². The van der Waals surface area contributed by atoms with Crippen LogP contribution in [0.3, 0.4) is 0 Å². The van der Waals surface area contributed by atoms with Gasteiger partial charge >= 0.3 is 0 Å². The zero-order chi connectivity index (χ0) is 15.3. The molecule has 5 nitrogen and oxygen atoms in total. The molecule has 2 aromatic carbocycles. The van der Waals surface area contributed by atoms with Gasteiger partial charge in [0, 0.05) is 23.3 Å². The van der Waals surface area contributed by atoms with Crippen LogP contribution in [0.1, 0.15) is 23.1 Å². The predicted molar refractivity (Wildman–Crippen MR) is 79.3 cm³/mol. The largest absolute Gasteiger partial charge is 0.508 e. The summed E-state index contributed by atoms with van der Waals surface area (Å²) in [4.78, 5) is 0. The fourth-order valence-electron chi connectivity index (χ4n) is 3.17. The number of rotatable bonds is 2. The molecule has 2 atom stereocenters. The van der Waals surface area contributed by atoms with Gasteiger partial charge in [-0.3, -0.25) is 0 Å². The number of methoxy groups -OCH3 is 2. The monoisotopic (exact) mass is 300 g/mol. The van der Waals surface area contributed by atoms with Gasteiger partial charge in [0.05, 0.1) is 26.7 Å². The second kappa shape index (κ2) is 4.73. The van der Waals surface area contributed by atoms with Crippen molar-refractivity contribution >= 4 is 0 Å². The van der Waals surface area contributed by atoms with Crippen LogP contribution >= 0.6 is 0 Å². The maximum Gasteiger partial charge on any atom is 0.164 e. The molecule has 0 saturated carbocycles. The molecule has 2 aliphatic rings. The summed E-state index contributed by atoms with van der Waals surface area (Å²) in [7, 11) is 3.22. The Hall–Kier alpha value is -2.56. The minimum atomic E-state index is -0.115. The van der Waals surface area contributed by atoms with Gasteiger partial charge < -0.3 is 24.1 Å². The first-order valence-electron chi connectivity index (χ1n) is 7.09. The van der Waals surface area contributed by atoms with Gasteiger partial charge in [-0.2, -0.15) is 0 Å². The van der Waals surface area contributed by atoms with Crippen molar-refractivity contribution in [1.29, 1.82) is 0 Å². The molecule has 0 saturated heterocycles. The summed E-state index contributed by atoms with van der Waals surface area (Å²) < 4.78 is 22.6. The van der Waals surface area contributed by atoms with Crippen molar-refractivity contribution in [3.05, 3.63) is 41.5 Å². The smallest absolute Gasteiger partial charge is 0.164 e. The van der Waals surface area contributed by atoms with Gasteiger partial charge in [-0.15, -0.1) is 0 Å². The molecule has 0 aliphatic carbocycles. The first-order valence-corrected chi connectivity index (χ1v) is 7.09.